The average molecular weight is 348 g/mol. The van der Waals surface area contributed by atoms with Gasteiger partial charge in [0, 0.05) is 24.1 Å². The Morgan fingerprint density at radius 2 is 1.88 bits per heavy atom. The van der Waals surface area contributed by atoms with E-state index in [2.05, 4.69) is 15.5 Å². The number of methoxy groups -OCH3 is 1. The number of hydrogen-bond acceptors (Lipinski definition) is 6. The molecule has 0 unspecified atom stereocenters. The molecule has 0 bridgehead atoms. The van der Waals surface area contributed by atoms with Gasteiger partial charge < -0.3 is 14.5 Å². The molecule has 7 heteroatoms. The molecular formula is C19H16N4O3. The second-order valence-electron chi connectivity index (χ2n) is 5.47. The minimum absolute atomic E-state index is 0.168. The molecular weight excluding hydrogens is 332 g/mol. The van der Waals surface area contributed by atoms with E-state index < -0.39 is 0 Å². The number of hydrogen-bond donors (Lipinski definition) is 1. The highest BCUT2D eigenvalue weighted by Crippen LogP contribution is 2.21. The summed E-state index contributed by atoms with van der Waals surface area (Å²) in [7, 11) is 1.60. The summed E-state index contributed by atoms with van der Waals surface area (Å²) in [5.74, 6) is 1.37. The standard InChI is InChI=1S/C19H16N4O3/c1-25-16-8-4-14(5-9-16)19-23-22-18(26-19)11-10-17(24)21-15-6-2-13(12-20)3-7-15/h2-9H,10-11H2,1H3,(H,21,24). The van der Waals surface area contributed by atoms with Crippen LogP contribution in [0.15, 0.2) is 52.9 Å². The number of benzene rings is 2. The zero-order chi connectivity index (χ0) is 18.4. The number of nitriles is 1. The van der Waals surface area contributed by atoms with Crippen molar-refractivity contribution in [2.45, 2.75) is 12.8 Å². The van der Waals surface area contributed by atoms with Crippen LogP contribution in [0.25, 0.3) is 11.5 Å². The van der Waals surface area contributed by atoms with Crippen LogP contribution in [0, 0.1) is 11.3 Å². The number of ether oxygens (including phenoxy) is 1. The molecule has 0 aliphatic rings. The van der Waals surface area contributed by atoms with Crippen LogP contribution in [-0.4, -0.2) is 23.2 Å². The van der Waals surface area contributed by atoms with E-state index in [-0.39, 0.29) is 12.3 Å². The molecule has 26 heavy (non-hydrogen) atoms. The molecule has 0 radical (unpaired) electrons. The maximum Gasteiger partial charge on any atom is 0.247 e. The van der Waals surface area contributed by atoms with Crippen molar-refractivity contribution in [1.29, 1.82) is 5.26 Å². The van der Waals surface area contributed by atoms with Gasteiger partial charge in [0.15, 0.2) is 0 Å². The molecule has 0 aliphatic carbocycles. The first-order valence-electron chi connectivity index (χ1n) is 7.95. The van der Waals surface area contributed by atoms with Gasteiger partial charge in [-0.25, -0.2) is 0 Å². The molecule has 1 N–H and O–H groups in total. The monoisotopic (exact) mass is 348 g/mol. The highest BCUT2D eigenvalue weighted by molar-refractivity contribution is 5.90. The Morgan fingerprint density at radius 3 is 2.54 bits per heavy atom. The van der Waals surface area contributed by atoms with Gasteiger partial charge in [-0.05, 0) is 48.5 Å². The SMILES string of the molecule is COc1ccc(-c2nnc(CCC(=O)Nc3ccc(C#N)cc3)o2)cc1. The van der Waals surface area contributed by atoms with Crippen LogP contribution in [0.4, 0.5) is 5.69 Å². The third kappa shape index (κ3) is 4.24. The van der Waals surface area contributed by atoms with Crippen molar-refractivity contribution in [3.8, 4) is 23.3 Å². The van der Waals surface area contributed by atoms with E-state index in [9.17, 15) is 4.79 Å². The first-order chi connectivity index (χ1) is 12.7. The molecule has 1 aromatic heterocycles. The molecule has 1 amide bonds. The van der Waals surface area contributed by atoms with Crippen molar-refractivity contribution >= 4 is 11.6 Å². The molecule has 3 rings (SSSR count). The van der Waals surface area contributed by atoms with Gasteiger partial charge in [0.1, 0.15) is 5.75 Å². The van der Waals surface area contributed by atoms with Gasteiger partial charge in [-0.1, -0.05) is 0 Å². The normalized spacial score (nSPS) is 10.2. The molecule has 7 nitrogen and oxygen atoms in total. The number of anilines is 1. The van der Waals surface area contributed by atoms with Gasteiger partial charge in [0.05, 0.1) is 18.7 Å². The second-order valence-corrected chi connectivity index (χ2v) is 5.47. The molecule has 0 aliphatic heterocycles. The molecule has 0 atom stereocenters. The topological polar surface area (TPSA) is 101 Å². The van der Waals surface area contributed by atoms with Crippen molar-refractivity contribution in [3.05, 3.63) is 60.0 Å². The van der Waals surface area contributed by atoms with Crippen molar-refractivity contribution in [3.63, 3.8) is 0 Å². The first kappa shape index (κ1) is 17.2. The average Bonchev–Trinajstić information content (AvgIpc) is 3.16. The van der Waals surface area contributed by atoms with Crippen molar-refractivity contribution in [2.75, 3.05) is 12.4 Å². The number of nitrogens with one attached hydrogen (secondary N) is 1. The fraction of sp³-hybridized carbons (Fsp3) is 0.158. The number of carbonyl (C=O) groups is 1. The summed E-state index contributed by atoms with van der Waals surface area (Å²) in [5, 5.41) is 19.5. The lowest BCUT2D eigenvalue weighted by atomic mass is 10.2. The van der Waals surface area contributed by atoms with E-state index >= 15 is 0 Å². The van der Waals surface area contributed by atoms with E-state index in [0.29, 0.717) is 29.5 Å². The summed E-state index contributed by atoms with van der Waals surface area (Å²) in [5.41, 5.74) is 1.96. The Morgan fingerprint density at radius 1 is 1.15 bits per heavy atom. The summed E-state index contributed by atoms with van der Waals surface area (Å²) in [6.07, 6.45) is 0.551. The smallest absolute Gasteiger partial charge is 0.247 e. The molecule has 0 spiro atoms. The molecule has 3 aromatic rings. The summed E-state index contributed by atoms with van der Waals surface area (Å²) in [6.45, 7) is 0. The Balaban J connectivity index is 1.55. The van der Waals surface area contributed by atoms with E-state index in [0.717, 1.165) is 11.3 Å². The van der Waals surface area contributed by atoms with Crippen molar-refractivity contribution in [2.24, 2.45) is 0 Å². The largest absolute Gasteiger partial charge is 0.497 e. The first-order valence-corrected chi connectivity index (χ1v) is 7.95. The van der Waals surface area contributed by atoms with E-state index in [4.69, 9.17) is 14.4 Å². The zero-order valence-corrected chi connectivity index (χ0v) is 14.1. The number of nitrogens with zero attached hydrogens (tertiary/aromatic N) is 3. The molecule has 2 aromatic carbocycles. The second kappa shape index (κ2) is 7.94. The molecule has 1 heterocycles. The zero-order valence-electron chi connectivity index (χ0n) is 14.1. The summed E-state index contributed by atoms with van der Waals surface area (Å²) in [4.78, 5) is 12.0. The number of aryl methyl sites for hydroxylation is 1. The predicted octanol–water partition coefficient (Wildman–Crippen LogP) is 3.19. The third-order valence-corrected chi connectivity index (χ3v) is 3.67. The Bertz CT molecular complexity index is 925. The number of amides is 1. The lowest BCUT2D eigenvalue weighted by Crippen LogP contribution is -2.12. The highest BCUT2D eigenvalue weighted by Gasteiger charge is 2.11. The quantitative estimate of drug-likeness (QED) is 0.734. The fourth-order valence-corrected chi connectivity index (χ4v) is 2.28. The Hall–Kier alpha value is -3.66. The molecule has 0 saturated carbocycles. The van der Waals surface area contributed by atoms with Gasteiger partial charge in [0.2, 0.25) is 17.7 Å². The van der Waals surface area contributed by atoms with Crippen LogP contribution in [-0.2, 0) is 11.2 Å². The number of carbonyl (C=O) groups excluding carboxylic acids is 1. The molecule has 0 fully saturated rings. The Kier molecular flexibility index (Phi) is 5.25. The van der Waals surface area contributed by atoms with Gasteiger partial charge in [-0.15, -0.1) is 10.2 Å². The summed E-state index contributed by atoms with van der Waals surface area (Å²) < 4.78 is 10.7. The van der Waals surface area contributed by atoms with Gasteiger partial charge >= 0.3 is 0 Å². The fourth-order valence-electron chi connectivity index (χ4n) is 2.28. The Labute approximate surface area is 150 Å². The minimum Gasteiger partial charge on any atom is -0.497 e. The lowest BCUT2D eigenvalue weighted by Gasteiger charge is -2.03. The van der Waals surface area contributed by atoms with Crippen LogP contribution in [0.3, 0.4) is 0 Å². The number of aromatic nitrogens is 2. The van der Waals surface area contributed by atoms with E-state index in [1.807, 2.05) is 30.3 Å². The van der Waals surface area contributed by atoms with Crippen LogP contribution < -0.4 is 10.1 Å². The third-order valence-electron chi connectivity index (χ3n) is 3.67. The van der Waals surface area contributed by atoms with Crippen molar-refractivity contribution < 1.29 is 13.9 Å². The highest BCUT2D eigenvalue weighted by atomic mass is 16.5. The van der Waals surface area contributed by atoms with Crippen LogP contribution in [0.2, 0.25) is 0 Å². The van der Waals surface area contributed by atoms with Crippen LogP contribution in [0.1, 0.15) is 17.9 Å². The van der Waals surface area contributed by atoms with Crippen LogP contribution >= 0.6 is 0 Å². The molecule has 0 saturated heterocycles. The van der Waals surface area contributed by atoms with Crippen molar-refractivity contribution in [1.82, 2.24) is 10.2 Å². The minimum atomic E-state index is -0.168. The van der Waals surface area contributed by atoms with E-state index in [1.165, 1.54) is 0 Å². The number of rotatable bonds is 6. The van der Waals surface area contributed by atoms with Crippen LogP contribution in [0.5, 0.6) is 5.75 Å². The maximum absolute atomic E-state index is 12.0. The van der Waals surface area contributed by atoms with Gasteiger partial charge in [0.25, 0.3) is 0 Å². The van der Waals surface area contributed by atoms with E-state index in [1.54, 1.807) is 31.4 Å². The lowest BCUT2D eigenvalue weighted by molar-refractivity contribution is -0.116. The summed E-state index contributed by atoms with van der Waals surface area (Å²) in [6, 6.07) is 16.0. The van der Waals surface area contributed by atoms with Gasteiger partial charge in [-0.3, -0.25) is 4.79 Å². The maximum atomic E-state index is 12.0. The molecule has 130 valence electrons. The predicted molar refractivity (Wildman–Crippen MR) is 94.4 cm³/mol. The summed E-state index contributed by atoms with van der Waals surface area (Å²) >= 11 is 0. The van der Waals surface area contributed by atoms with Gasteiger partial charge in [-0.2, -0.15) is 5.26 Å².